The Balaban J connectivity index is 1.49. The monoisotopic (exact) mass is 487 g/mol. The second-order valence-electron chi connectivity index (χ2n) is 9.60. The summed E-state index contributed by atoms with van der Waals surface area (Å²) in [4.78, 5) is 29.0. The molecular formula is C26H31ClFN3O3. The number of esters is 1. The van der Waals surface area contributed by atoms with Gasteiger partial charge in [-0.15, -0.1) is 0 Å². The van der Waals surface area contributed by atoms with Crippen molar-refractivity contribution in [2.75, 3.05) is 31.6 Å². The molecule has 34 heavy (non-hydrogen) atoms. The van der Waals surface area contributed by atoms with Gasteiger partial charge in [0.15, 0.2) is 0 Å². The molecule has 2 aliphatic rings. The van der Waals surface area contributed by atoms with Gasteiger partial charge in [-0.05, 0) is 60.7 Å². The number of nitrogens with zero attached hydrogens (tertiary/aromatic N) is 2. The Morgan fingerprint density at radius 3 is 2.26 bits per heavy atom. The first-order valence-electron chi connectivity index (χ1n) is 11.6. The minimum Gasteiger partial charge on any atom is -0.467 e. The summed E-state index contributed by atoms with van der Waals surface area (Å²) in [5.41, 5.74) is 2.13. The zero-order valence-corrected chi connectivity index (χ0v) is 20.5. The van der Waals surface area contributed by atoms with Gasteiger partial charge in [0.05, 0.1) is 13.2 Å². The molecule has 1 spiro atoms. The number of likely N-dealkylation sites (tertiary alicyclic amines) is 1. The van der Waals surface area contributed by atoms with Gasteiger partial charge in [0.1, 0.15) is 11.9 Å². The maximum atomic E-state index is 13.5. The van der Waals surface area contributed by atoms with Gasteiger partial charge < -0.3 is 19.9 Å². The zero-order chi connectivity index (χ0) is 24.5. The van der Waals surface area contributed by atoms with E-state index in [1.165, 1.54) is 19.2 Å². The molecule has 182 valence electrons. The lowest BCUT2D eigenvalue weighted by molar-refractivity contribution is -0.144. The van der Waals surface area contributed by atoms with Crippen molar-refractivity contribution in [1.82, 2.24) is 10.2 Å². The molecule has 0 saturated carbocycles. The number of piperidine rings is 1. The van der Waals surface area contributed by atoms with E-state index in [-0.39, 0.29) is 29.2 Å². The molecule has 8 heteroatoms. The van der Waals surface area contributed by atoms with Crippen LogP contribution in [0.25, 0.3) is 0 Å². The smallest absolute Gasteiger partial charge is 0.328 e. The molecule has 2 aromatic rings. The van der Waals surface area contributed by atoms with Crippen LogP contribution in [-0.4, -0.2) is 49.7 Å². The van der Waals surface area contributed by atoms with Crippen molar-refractivity contribution in [1.29, 1.82) is 0 Å². The zero-order valence-electron chi connectivity index (χ0n) is 19.8. The largest absolute Gasteiger partial charge is 0.467 e. The molecular weight excluding hydrogens is 457 g/mol. The first-order chi connectivity index (χ1) is 16.2. The number of carbonyl (C=O) groups is 2. The summed E-state index contributed by atoms with van der Waals surface area (Å²) in [5.74, 6) is -0.765. The molecule has 1 unspecified atom stereocenters. The fourth-order valence-corrected chi connectivity index (χ4v) is 5.35. The third kappa shape index (κ3) is 4.71. The van der Waals surface area contributed by atoms with Gasteiger partial charge in [-0.2, -0.15) is 0 Å². The van der Waals surface area contributed by atoms with Crippen molar-refractivity contribution in [2.45, 2.75) is 38.8 Å². The maximum absolute atomic E-state index is 13.5. The molecule has 2 saturated heterocycles. The highest BCUT2D eigenvalue weighted by Crippen LogP contribution is 2.56. The Labute approximate surface area is 205 Å². The Hall–Kier alpha value is -2.80. The van der Waals surface area contributed by atoms with Crippen LogP contribution in [0.5, 0.6) is 0 Å². The fraction of sp³-hybridized carbons (Fsp3) is 0.462. The molecule has 0 radical (unpaired) electrons. The standard InChI is InChI=1S/C26H31ClFN3O3/c1-17(2)22(24(32)34-3)29-25(33)30-14-12-26(13-15-30)16-31(21-10-8-20(28)9-11-21)23(26)18-4-6-19(27)7-5-18/h4-11,17,22-23H,12-16H2,1-3H3,(H,29,33)/t22-,23?/m1/s1. The topological polar surface area (TPSA) is 61.9 Å². The van der Waals surface area contributed by atoms with Crippen LogP contribution in [0, 0.1) is 17.2 Å². The summed E-state index contributed by atoms with van der Waals surface area (Å²) in [6.07, 6.45) is 1.66. The van der Waals surface area contributed by atoms with Gasteiger partial charge in [-0.25, -0.2) is 14.0 Å². The molecule has 2 heterocycles. The van der Waals surface area contributed by atoms with Gasteiger partial charge in [0, 0.05) is 35.8 Å². The van der Waals surface area contributed by atoms with Crippen molar-refractivity contribution in [3.8, 4) is 0 Å². The van der Waals surface area contributed by atoms with E-state index in [0.29, 0.717) is 18.1 Å². The summed E-state index contributed by atoms with van der Waals surface area (Å²) in [7, 11) is 1.33. The normalized spacial score (nSPS) is 20.1. The number of halogens is 2. The third-order valence-electron chi connectivity index (χ3n) is 7.17. The molecule has 1 N–H and O–H groups in total. The first kappa shape index (κ1) is 24.3. The highest BCUT2D eigenvalue weighted by atomic mass is 35.5. The summed E-state index contributed by atoms with van der Waals surface area (Å²) in [5, 5.41) is 3.52. The molecule has 2 aromatic carbocycles. The van der Waals surface area contributed by atoms with Crippen molar-refractivity contribution >= 4 is 29.3 Å². The Morgan fingerprint density at radius 1 is 1.09 bits per heavy atom. The van der Waals surface area contributed by atoms with Crippen LogP contribution in [-0.2, 0) is 9.53 Å². The molecule has 0 bridgehead atoms. The predicted molar refractivity (Wildman–Crippen MR) is 130 cm³/mol. The van der Waals surface area contributed by atoms with Crippen LogP contribution in [0.15, 0.2) is 48.5 Å². The highest BCUT2D eigenvalue weighted by molar-refractivity contribution is 6.30. The Kier molecular flexibility index (Phi) is 7.03. The molecule has 2 aliphatic heterocycles. The van der Waals surface area contributed by atoms with E-state index in [2.05, 4.69) is 10.2 Å². The average molecular weight is 488 g/mol. The van der Waals surface area contributed by atoms with Crippen LogP contribution >= 0.6 is 11.6 Å². The number of urea groups is 1. The van der Waals surface area contributed by atoms with Crippen LogP contribution < -0.4 is 10.2 Å². The second-order valence-corrected chi connectivity index (χ2v) is 10.0. The van der Waals surface area contributed by atoms with E-state index < -0.39 is 12.0 Å². The minimum absolute atomic E-state index is 0.00120. The van der Waals surface area contributed by atoms with E-state index in [0.717, 1.165) is 30.6 Å². The highest BCUT2D eigenvalue weighted by Gasteiger charge is 2.54. The first-order valence-corrected chi connectivity index (χ1v) is 12.0. The number of methoxy groups -OCH3 is 1. The molecule has 4 rings (SSSR count). The average Bonchev–Trinajstić information content (AvgIpc) is 2.82. The quantitative estimate of drug-likeness (QED) is 0.601. The SMILES string of the molecule is COC(=O)[C@H](NC(=O)N1CCC2(CC1)CN(c1ccc(F)cc1)C2c1ccc(Cl)cc1)C(C)C. The summed E-state index contributed by atoms with van der Waals surface area (Å²) in [6.45, 7) is 5.78. The van der Waals surface area contributed by atoms with E-state index in [4.69, 9.17) is 16.3 Å². The van der Waals surface area contributed by atoms with Gasteiger partial charge in [-0.1, -0.05) is 37.6 Å². The van der Waals surface area contributed by atoms with Crippen LogP contribution in [0.3, 0.4) is 0 Å². The van der Waals surface area contributed by atoms with Crippen molar-refractivity contribution in [3.63, 3.8) is 0 Å². The van der Waals surface area contributed by atoms with Crippen LogP contribution in [0.2, 0.25) is 5.02 Å². The van der Waals surface area contributed by atoms with E-state index in [1.807, 2.05) is 50.2 Å². The van der Waals surface area contributed by atoms with E-state index in [9.17, 15) is 14.0 Å². The van der Waals surface area contributed by atoms with Gasteiger partial charge >= 0.3 is 12.0 Å². The number of benzene rings is 2. The number of carbonyl (C=O) groups excluding carboxylic acids is 2. The number of nitrogens with one attached hydrogen (secondary N) is 1. The predicted octanol–water partition coefficient (Wildman–Crippen LogP) is 5.03. The Bertz CT molecular complexity index is 1020. The minimum atomic E-state index is -0.673. The number of hydrogen-bond acceptors (Lipinski definition) is 4. The van der Waals surface area contributed by atoms with Crippen molar-refractivity contribution in [3.05, 3.63) is 64.9 Å². The summed E-state index contributed by atoms with van der Waals surface area (Å²) in [6, 6.07) is 13.7. The molecule has 2 atom stereocenters. The summed E-state index contributed by atoms with van der Waals surface area (Å²) >= 11 is 6.14. The lowest BCUT2D eigenvalue weighted by Gasteiger charge is -2.61. The number of ether oxygens (including phenoxy) is 1. The molecule has 2 fully saturated rings. The van der Waals surface area contributed by atoms with Crippen molar-refractivity contribution in [2.24, 2.45) is 11.3 Å². The Morgan fingerprint density at radius 2 is 1.71 bits per heavy atom. The molecule has 2 amide bonds. The van der Waals surface area contributed by atoms with Gasteiger partial charge in [0.2, 0.25) is 0 Å². The van der Waals surface area contributed by atoms with Gasteiger partial charge in [-0.3, -0.25) is 0 Å². The maximum Gasteiger partial charge on any atom is 0.328 e. The number of rotatable bonds is 5. The lowest BCUT2D eigenvalue weighted by Crippen LogP contribution is -2.63. The number of amides is 2. The molecule has 6 nitrogen and oxygen atoms in total. The van der Waals surface area contributed by atoms with Gasteiger partial charge in [0.25, 0.3) is 0 Å². The van der Waals surface area contributed by atoms with Crippen LogP contribution in [0.1, 0.15) is 38.3 Å². The van der Waals surface area contributed by atoms with E-state index in [1.54, 1.807) is 4.90 Å². The van der Waals surface area contributed by atoms with Crippen LogP contribution in [0.4, 0.5) is 14.9 Å². The van der Waals surface area contributed by atoms with Crippen molar-refractivity contribution < 1.29 is 18.7 Å². The number of hydrogen-bond donors (Lipinski definition) is 1. The fourth-order valence-electron chi connectivity index (χ4n) is 5.22. The summed E-state index contributed by atoms with van der Waals surface area (Å²) < 4.78 is 18.4. The molecule has 0 aliphatic carbocycles. The van der Waals surface area contributed by atoms with E-state index >= 15 is 0 Å². The second kappa shape index (κ2) is 9.82. The third-order valence-corrected chi connectivity index (χ3v) is 7.42. The molecule has 0 aromatic heterocycles. The lowest BCUT2D eigenvalue weighted by atomic mass is 9.63. The number of anilines is 1.